The summed E-state index contributed by atoms with van der Waals surface area (Å²) in [7, 11) is 0. The van der Waals surface area contributed by atoms with Crippen molar-refractivity contribution in [2.45, 2.75) is 5.03 Å². The van der Waals surface area contributed by atoms with Crippen LogP contribution in [0.2, 0.25) is 0 Å². The van der Waals surface area contributed by atoms with Gasteiger partial charge in [-0.3, -0.25) is 0 Å². The number of thiol groups is 1. The summed E-state index contributed by atoms with van der Waals surface area (Å²) >= 11 is 3.89. The lowest BCUT2D eigenvalue weighted by Crippen LogP contribution is -1.92. The molecule has 0 unspecified atom stereocenters. The molecular weight excluding hydrogens is 122 g/mol. The Morgan fingerprint density at radius 1 is 1.75 bits per heavy atom. The molecule has 0 aliphatic carbocycles. The van der Waals surface area contributed by atoms with E-state index in [4.69, 9.17) is 5.73 Å². The van der Waals surface area contributed by atoms with Gasteiger partial charge in [0.15, 0.2) is 0 Å². The zero-order valence-electron chi connectivity index (χ0n) is 4.00. The van der Waals surface area contributed by atoms with E-state index in [-0.39, 0.29) is 5.95 Å². The Morgan fingerprint density at radius 3 is 2.88 bits per heavy atom. The minimum absolute atomic E-state index is 0.206. The number of nitrogens with zero attached hydrogens (tertiary/aromatic N) is 2. The molecule has 0 saturated heterocycles. The fourth-order valence-corrected chi connectivity index (χ4v) is 0.491. The third-order valence-corrected chi connectivity index (χ3v) is 0.831. The van der Waals surface area contributed by atoms with Crippen molar-refractivity contribution in [3.63, 3.8) is 0 Å². The molecule has 41 valence electrons. The highest BCUT2D eigenvalue weighted by Gasteiger charge is 1.85. The maximum absolute atomic E-state index is 5.16. The molecule has 3 nitrogen and oxygen atoms in total. The minimum atomic E-state index is 0.206. The van der Waals surface area contributed by atoms with Gasteiger partial charge in [0.2, 0.25) is 5.95 Å². The van der Waals surface area contributed by atoms with Crippen molar-refractivity contribution in [3.05, 3.63) is 12.3 Å². The molecule has 2 N–H and O–H groups in total. The van der Waals surface area contributed by atoms with Crippen molar-refractivity contribution < 1.29 is 0 Å². The van der Waals surface area contributed by atoms with Crippen molar-refractivity contribution >= 4 is 18.6 Å². The van der Waals surface area contributed by atoms with Crippen LogP contribution < -0.4 is 5.73 Å². The van der Waals surface area contributed by atoms with Crippen molar-refractivity contribution in [3.8, 4) is 0 Å². The predicted octanol–water partition coefficient (Wildman–Crippen LogP) is 0.148. The molecule has 0 atom stereocenters. The zero-order valence-corrected chi connectivity index (χ0v) is 4.89. The molecule has 0 fully saturated rings. The van der Waals surface area contributed by atoms with Gasteiger partial charge in [-0.15, -0.1) is 12.6 Å². The second-order valence-electron chi connectivity index (χ2n) is 1.21. The first-order chi connectivity index (χ1) is 3.79. The predicted molar refractivity (Wildman–Crippen MR) is 32.5 cm³/mol. The average Bonchev–Trinajstić information content (AvgIpc) is 1.64. The van der Waals surface area contributed by atoms with E-state index >= 15 is 0 Å². The van der Waals surface area contributed by atoms with E-state index in [1.807, 2.05) is 0 Å². The van der Waals surface area contributed by atoms with Crippen LogP contribution in [-0.2, 0) is 0 Å². The molecule has 0 saturated carbocycles. The summed E-state index contributed by atoms with van der Waals surface area (Å²) in [5, 5.41) is 0.539. The minimum Gasteiger partial charge on any atom is -0.368 e. The molecule has 0 aliphatic rings. The topological polar surface area (TPSA) is 51.8 Å². The van der Waals surface area contributed by atoms with Gasteiger partial charge >= 0.3 is 0 Å². The monoisotopic (exact) mass is 126 g/mol. The molecule has 1 heterocycles. The quantitative estimate of drug-likeness (QED) is 0.384. The third kappa shape index (κ3) is 1.10. The molecule has 0 bridgehead atoms. The first-order valence-electron chi connectivity index (χ1n) is 1.98. The number of nitrogen functional groups attached to an aromatic ring is 1. The summed E-state index contributed by atoms with van der Waals surface area (Å²) in [6, 6.07) is 1.54. The Morgan fingerprint density at radius 2 is 2.50 bits per heavy atom. The van der Waals surface area contributed by atoms with E-state index in [9.17, 15) is 0 Å². The SMILES string of the molecule is Nc1n[c]cc(S)n1. The van der Waals surface area contributed by atoms with E-state index in [1.54, 1.807) is 6.07 Å². The average molecular weight is 126 g/mol. The van der Waals surface area contributed by atoms with Crippen molar-refractivity contribution in [1.29, 1.82) is 0 Å². The van der Waals surface area contributed by atoms with E-state index in [0.717, 1.165) is 0 Å². The van der Waals surface area contributed by atoms with Crippen LogP contribution in [0.5, 0.6) is 0 Å². The van der Waals surface area contributed by atoms with Crippen LogP contribution in [-0.4, -0.2) is 9.97 Å². The normalized spacial score (nSPS) is 9.12. The van der Waals surface area contributed by atoms with Gasteiger partial charge in [-0.2, -0.15) is 0 Å². The summed E-state index contributed by atoms with van der Waals surface area (Å²) in [6.45, 7) is 0. The third-order valence-electron chi connectivity index (χ3n) is 0.602. The smallest absolute Gasteiger partial charge is 0.221 e. The Hall–Kier alpha value is -0.770. The van der Waals surface area contributed by atoms with Gasteiger partial charge in [-0.1, -0.05) is 0 Å². The number of rotatable bonds is 0. The number of hydrogen-bond donors (Lipinski definition) is 2. The van der Waals surface area contributed by atoms with Gasteiger partial charge in [0.25, 0.3) is 0 Å². The number of anilines is 1. The van der Waals surface area contributed by atoms with Gasteiger partial charge in [-0.05, 0) is 6.07 Å². The van der Waals surface area contributed by atoms with Crippen LogP contribution >= 0.6 is 12.6 Å². The van der Waals surface area contributed by atoms with Crippen molar-refractivity contribution in [2.75, 3.05) is 5.73 Å². The van der Waals surface area contributed by atoms with Gasteiger partial charge in [-0.25, -0.2) is 9.97 Å². The van der Waals surface area contributed by atoms with Gasteiger partial charge < -0.3 is 5.73 Å². The van der Waals surface area contributed by atoms with E-state index in [2.05, 4.69) is 28.8 Å². The fourth-order valence-electron chi connectivity index (χ4n) is 0.331. The zero-order chi connectivity index (χ0) is 5.98. The highest BCUT2D eigenvalue weighted by molar-refractivity contribution is 7.80. The fraction of sp³-hybridized carbons (Fsp3) is 0. The Bertz CT molecular complexity index is 171. The molecule has 0 aromatic carbocycles. The first-order valence-corrected chi connectivity index (χ1v) is 2.43. The highest BCUT2D eigenvalue weighted by Crippen LogP contribution is 1.98. The van der Waals surface area contributed by atoms with Crippen LogP contribution in [0.1, 0.15) is 0 Å². The Balaban J connectivity index is 3.08. The molecule has 8 heavy (non-hydrogen) atoms. The lowest BCUT2D eigenvalue weighted by Gasteiger charge is -1.87. The van der Waals surface area contributed by atoms with Crippen molar-refractivity contribution in [2.24, 2.45) is 0 Å². The Kier molecular flexibility index (Phi) is 1.34. The maximum Gasteiger partial charge on any atom is 0.221 e. The largest absolute Gasteiger partial charge is 0.368 e. The van der Waals surface area contributed by atoms with E-state index < -0.39 is 0 Å². The van der Waals surface area contributed by atoms with Crippen molar-refractivity contribution in [1.82, 2.24) is 9.97 Å². The number of hydrogen-bond acceptors (Lipinski definition) is 4. The molecule has 1 aromatic rings. The second kappa shape index (κ2) is 2.00. The maximum atomic E-state index is 5.16. The van der Waals surface area contributed by atoms with E-state index in [1.165, 1.54) is 0 Å². The summed E-state index contributed by atoms with van der Waals surface area (Å²) in [6.07, 6.45) is 2.52. The summed E-state index contributed by atoms with van der Waals surface area (Å²) < 4.78 is 0. The molecule has 1 rings (SSSR count). The highest BCUT2D eigenvalue weighted by atomic mass is 32.1. The van der Waals surface area contributed by atoms with Crippen LogP contribution in [0.25, 0.3) is 0 Å². The van der Waals surface area contributed by atoms with E-state index in [0.29, 0.717) is 5.03 Å². The standard InChI is InChI=1S/C4H4N3S/c5-4-6-2-1-3(8)7-4/h1H,(H3,5,6,7,8). The summed E-state index contributed by atoms with van der Waals surface area (Å²) in [4.78, 5) is 7.21. The van der Waals surface area contributed by atoms with Gasteiger partial charge in [0, 0.05) is 0 Å². The molecular formula is C4H4N3S. The molecule has 4 heteroatoms. The molecule has 0 spiro atoms. The summed E-state index contributed by atoms with van der Waals surface area (Å²) in [5.74, 6) is 0.206. The molecule has 1 aromatic heterocycles. The lowest BCUT2D eigenvalue weighted by atomic mass is 10.7. The van der Waals surface area contributed by atoms with Crippen LogP contribution in [0.4, 0.5) is 5.95 Å². The molecule has 0 aliphatic heterocycles. The Labute approximate surface area is 52.4 Å². The number of aromatic nitrogens is 2. The van der Waals surface area contributed by atoms with Crippen LogP contribution in [0, 0.1) is 6.20 Å². The van der Waals surface area contributed by atoms with Gasteiger partial charge in [0.05, 0.1) is 11.2 Å². The van der Waals surface area contributed by atoms with Crippen LogP contribution in [0.15, 0.2) is 11.1 Å². The molecule has 1 radical (unpaired) electrons. The number of nitrogens with two attached hydrogens (primary N) is 1. The van der Waals surface area contributed by atoms with Gasteiger partial charge in [0.1, 0.15) is 0 Å². The lowest BCUT2D eigenvalue weighted by molar-refractivity contribution is 1.06. The van der Waals surface area contributed by atoms with Crippen LogP contribution in [0.3, 0.4) is 0 Å². The summed E-state index contributed by atoms with van der Waals surface area (Å²) in [5.41, 5.74) is 5.16. The molecule has 0 amide bonds. The first kappa shape index (κ1) is 5.37. The second-order valence-corrected chi connectivity index (χ2v) is 1.67.